The van der Waals surface area contributed by atoms with Crippen LogP contribution in [0.5, 0.6) is 0 Å². The van der Waals surface area contributed by atoms with Crippen LogP contribution in [0.2, 0.25) is 5.02 Å². The summed E-state index contributed by atoms with van der Waals surface area (Å²) in [4.78, 5) is 0. The molecule has 0 fully saturated rings. The highest BCUT2D eigenvalue weighted by atomic mass is 35.5. The predicted octanol–water partition coefficient (Wildman–Crippen LogP) is 2.89. The number of nitrogens with two attached hydrogens (primary N) is 1. The molecule has 0 radical (unpaired) electrons. The van der Waals surface area contributed by atoms with Crippen LogP contribution in [-0.2, 0) is 0 Å². The van der Waals surface area contributed by atoms with Crippen LogP contribution in [0.3, 0.4) is 0 Å². The third-order valence-electron chi connectivity index (χ3n) is 2.00. The Balaban J connectivity index is 2.55. The number of halogens is 1. The Labute approximate surface area is 86.5 Å². The molecule has 0 saturated heterocycles. The van der Waals surface area contributed by atoms with E-state index in [-0.39, 0.29) is 0 Å². The summed E-state index contributed by atoms with van der Waals surface area (Å²) in [6.07, 6.45) is 0. The van der Waals surface area contributed by atoms with E-state index in [0.717, 1.165) is 11.1 Å². The molecule has 2 rings (SSSR count). The van der Waals surface area contributed by atoms with Gasteiger partial charge in [-0.2, -0.15) is 0 Å². The minimum absolute atomic E-state index is 0.305. The van der Waals surface area contributed by atoms with Gasteiger partial charge in [-0.3, -0.25) is 0 Å². The van der Waals surface area contributed by atoms with Crippen molar-refractivity contribution >= 4 is 17.5 Å². The number of nitrogens with zero attached hydrogens (tertiary/aromatic N) is 1. The van der Waals surface area contributed by atoms with Crippen LogP contribution < -0.4 is 5.73 Å². The molecule has 2 aromatic rings. The van der Waals surface area contributed by atoms with Crippen LogP contribution in [0.25, 0.3) is 11.3 Å². The lowest BCUT2D eigenvalue weighted by molar-refractivity contribution is 0.439. The monoisotopic (exact) mass is 208 g/mol. The highest BCUT2D eigenvalue weighted by molar-refractivity contribution is 6.30. The number of aromatic nitrogens is 1. The fraction of sp³-hybridized carbons (Fsp3) is 0.100. The van der Waals surface area contributed by atoms with Gasteiger partial charge in [0.25, 0.3) is 0 Å². The van der Waals surface area contributed by atoms with Crippen molar-refractivity contribution in [2.24, 2.45) is 0 Å². The fourth-order valence-electron chi connectivity index (χ4n) is 1.29. The van der Waals surface area contributed by atoms with Gasteiger partial charge in [0.2, 0.25) is 5.88 Å². The molecule has 2 N–H and O–H groups in total. The molecule has 0 aliphatic heterocycles. The topological polar surface area (TPSA) is 52.0 Å². The molecule has 72 valence electrons. The van der Waals surface area contributed by atoms with Crippen LogP contribution in [0.15, 0.2) is 28.8 Å². The number of benzene rings is 1. The summed E-state index contributed by atoms with van der Waals surface area (Å²) >= 11 is 5.88. The summed E-state index contributed by atoms with van der Waals surface area (Å²) in [5.74, 6) is 0.305. The van der Waals surface area contributed by atoms with E-state index in [4.69, 9.17) is 21.9 Å². The summed E-state index contributed by atoms with van der Waals surface area (Å²) < 4.78 is 4.80. The van der Waals surface area contributed by atoms with Crippen molar-refractivity contribution in [3.05, 3.63) is 34.9 Å². The third-order valence-corrected chi connectivity index (χ3v) is 2.24. The van der Waals surface area contributed by atoms with Gasteiger partial charge in [-0.05, 0) is 24.6 Å². The van der Waals surface area contributed by atoms with Crippen molar-refractivity contribution in [2.75, 3.05) is 5.73 Å². The maximum absolute atomic E-state index is 5.88. The van der Waals surface area contributed by atoms with Gasteiger partial charge in [0.1, 0.15) is 5.69 Å². The molecule has 0 atom stereocenters. The van der Waals surface area contributed by atoms with Gasteiger partial charge in [0.05, 0.1) is 0 Å². The molecule has 1 heterocycles. The second-order valence-corrected chi connectivity index (χ2v) is 3.51. The zero-order valence-electron chi connectivity index (χ0n) is 7.62. The normalized spacial score (nSPS) is 10.4. The molecule has 1 aromatic carbocycles. The maximum atomic E-state index is 5.88. The molecule has 0 spiro atoms. The zero-order chi connectivity index (χ0) is 10.1. The van der Waals surface area contributed by atoms with E-state index in [1.54, 1.807) is 6.07 Å². The number of hydrogen-bond donors (Lipinski definition) is 1. The van der Waals surface area contributed by atoms with Crippen molar-refractivity contribution in [1.29, 1.82) is 0 Å². The molecule has 0 saturated carbocycles. The predicted molar refractivity (Wildman–Crippen MR) is 56.1 cm³/mol. The average molecular weight is 209 g/mol. The molecule has 14 heavy (non-hydrogen) atoms. The number of nitrogen functional groups attached to an aromatic ring is 1. The van der Waals surface area contributed by atoms with Gasteiger partial charge in [-0.1, -0.05) is 22.8 Å². The number of hydrogen-bond acceptors (Lipinski definition) is 3. The minimum atomic E-state index is 0.305. The lowest BCUT2D eigenvalue weighted by Crippen LogP contribution is -1.82. The van der Waals surface area contributed by atoms with Crippen molar-refractivity contribution in [1.82, 2.24) is 5.16 Å². The number of rotatable bonds is 1. The largest absolute Gasteiger partial charge is 0.368 e. The number of aryl methyl sites for hydroxylation is 1. The first-order valence-corrected chi connectivity index (χ1v) is 4.53. The lowest BCUT2D eigenvalue weighted by Gasteiger charge is -2.01. The minimum Gasteiger partial charge on any atom is -0.368 e. The molecular formula is C10H9ClN2O. The molecular weight excluding hydrogens is 200 g/mol. The third kappa shape index (κ3) is 1.59. The molecule has 0 aliphatic rings. The summed E-state index contributed by atoms with van der Waals surface area (Å²) in [6.45, 7) is 1.98. The van der Waals surface area contributed by atoms with Crippen molar-refractivity contribution < 1.29 is 4.52 Å². The van der Waals surface area contributed by atoms with E-state index in [1.165, 1.54) is 0 Å². The van der Waals surface area contributed by atoms with E-state index in [0.29, 0.717) is 16.6 Å². The van der Waals surface area contributed by atoms with Gasteiger partial charge in [0.15, 0.2) is 0 Å². The summed E-state index contributed by atoms with van der Waals surface area (Å²) in [6, 6.07) is 7.29. The molecule has 0 amide bonds. The fourth-order valence-corrected chi connectivity index (χ4v) is 1.46. The Morgan fingerprint density at radius 2 is 2.14 bits per heavy atom. The van der Waals surface area contributed by atoms with Gasteiger partial charge in [-0.25, -0.2) is 0 Å². The van der Waals surface area contributed by atoms with Crippen LogP contribution >= 0.6 is 11.6 Å². The first kappa shape index (κ1) is 9.09. The van der Waals surface area contributed by atoms with Gasteiger partial charge < -0.3 is 10.3 Å². The average Bonchev–Trinajstić information content (AvgIpc) is 2.56. The van der Waals surface area contributed by atoms with E-state index in [1.807, 2.05) is 25.1 Å². The van der Waals surface area contributed by atoms with Crippen molar-refractivity contribution in [3.63, 3.8) is 0 Å². The van der Waals surface area contributed by atoms with Crippen molar-refractivity contribution in [3.8, 4) is 11.3 Å². The summed E-state index contributed by atoms with van der Waals surface area (Å²) in [5, 5.41) is 4.50. The number of anilines is 1. The Hall–Kier alpha value is -1.48. The Morgan fingerprint density at radius 1 is 1.36 bits per heavy atom. The maximum Gasteiger partial charge on any atom is 0.222 e. The van der Waals surface area contributed by atoms with Crippen LogP contribution in [0, 0.1) is 6.92 Å². The van der Waals surface area contributed by atoms with Gasteiger partial charge >= 0.3 is 0 Å². The highest BCUT2D eigenvalue weighted by Gasteiger charge is 2.07. The van der Waals surface area contributed by atoms with Crippen molar-refractivity contribution in [2.45, 2.75) is 6.92 Å². The van der Waals surface area contributed by atoms with Gasteiger partial charge in [0, 0.05) is 16.7 Å². The second kappa shape index (κ2) is 3.35. The molecule has 4 heteroatoms. The van der Waals surface area contributed by atoms with E-state index in [9.17, 15) is 0 Å². The lowest BCUT2D eigenvalue weighted by atomic mass is 10.1. The van der Waals surface area contributed by atoms with Crippen LogP contribution in [0.1, 0.15) is 5.56 Å². The molecule has 0 aliphatic carbocycles. The Bertz CT molecular complexity index is 465. The molecule has 3 nitrogen and oxygen atoms in total. The first-order chi connectivity index (χ1) is 6.66. The second-order valence-electron chi connectivity index (χ2n) is 3.07. The molecule has 0 unspecified atom stereocenters. The molecule has 0 bridgehead atoms. The van der Waals surface area contributed by atoms with Crippen LogP contribution in [0.4, 0.5) is 5.88 Å². The highest BCUT2D eigenvalue weighted by Crippen LogP contribution is 2.26. The van der Waals surface area contributed by atoms with Gasteiger partial charge in [-0.15, -0.1) is 0 Å². The molecule has 1 aromatic heterocycles. The summed E-state index contributed by atoms with van der Waals surface area (Å²) in [5.41, 5.74) is 8.18. The Kier molecular flexibility index (Phi) is 2.17. The smallest absolute Gasteiger partial charge is 0.222 e. The SMILES string of the molecule is Cc1ccc(Cl)cc1-c1cc(N)on1. The summed E-state index contributed by atoms with van der Waals surface area (Å²) in [7, 11) is 0. The van der Waals surface area contributed by atoms with E-state index in [2.05, 4.69) is 5.16 Å². The first-order valence-electron chi connectivity index (χ1n) is 4.15. The van der Waals surface area contributed by atoms with E-state index < -0.39 is 0 Å². The zero-order valence-corrected chi connectivity index (χ0v) is 8.38. The standard InChI is InChI=1S/C10H9ClN2O/c1-6-2-3-7(11)4-8(6)9-5-10(12)14-13-9/h2-5H,12H2,1H3. The van der Waals surface area contributed by atoms with Crippen LogP contribution in [-0.4, -0.2) is 5.16 Å². The quantitative estimate of drug-likeness (QED) is 0.784. The van der Waals surface area contributed by atoms with E-state index >= 15 is 0 Å². The Morgan fingerprint density at radius 3 is 2.79 bits per heavy atom.